The minimum atomic E-state index is -0.323. The number of nitrogens with two attached hydrogens (primary N) is 1. The fourth-order valence-electron chi connectivity index (χ4n) is 2.34. The van der Waals surface area contributed by atoms with Crippen LogP contribution in [0.1, 0.15) is 48.8 Å². The molecule has 0 radical (unpaired) electrons. The second-order valence-corrected chi connectivity index (χ2v) is 5.40. The van der Waals surface area contributed by atoms with Crippen molar-refractivity contribution in [2.24, 2.45) is 0 Å². The summed E-state index contributed by atoms with van der Waals surface area (Å²) in [5.74, 6) is 0.00481. The van der Waals surface area contributed by atoms with E-state index in [1.54, 1.807) is 11.9 Å². The summed E-state index contributed by atoms with van der Waals surface area (Å²) in [7, 11) is 1.59. The number of nitrogens with one attached hydrogen (secondary N) is 1. The van der Waals surface area contributed by atoms with Crippen molar-refractivity contribution < 1.29 is 9.59 Å². The average Bonchev–Trinajstić information content (AvgIpc) is 3.22. The van der Waals surface area contributed by atoms with Crippen LogP contribution in [0.4, 0.5) is 5.69 Å². The third kappa shape index (κ3) is 3.17. The number of aromatic amines is 1. The van der Waals surface area contributed by atoms with Crippen LogP contribution >= 0.6 is 0 Å². The van der Waals surface area contributed by atoms with Crippen LogP contribution in [-0.2, 0) is 4.79 Å². The molecule has 3 N–H and O–H groups in total. The Morgan fingerprint density at radius 2 is 1.95 bits per heavy atom. The van der Waals surface area contributed by atoms with Crippen molar-refractivity contribution in [3.8, 4) is 0 Å². The number of carbonyl (C=O) groups excluding carboxylic acids is 2. The van der Waals surface area contributed by atoms with Gasteiger partial charge in [0.15, 0.2) is 5.69 Å². The summed E-state index contributed by atoms with van der Waals surface area (Å²) in [4.78, 5) is 27.4. The zero-order valence-corrected chi connectivity index (χ0v) is 12.8. The molecule has 0 aliphatic heterocycles. The first-order chi connectivity index (χ1) is 9.99. The molecule has 0 aromatic carbocycles. The Balaban J connectivity index is 2.03. The fourth-order valence-corrected chi connectivity index (χ4v) is 2.34. The molecule has 2 rings (SSSR count). The molecular formula is C14H23N5O2. The maximum atomic E-state index is 12.3. The largest absolute Gasteiger partial charge is 0.395 e. The smallest absolute Gasteiger partial charge is 0.276 e. The van der Waals surface area contributed by atoms with Crippen LogP contribution in [0.2, 0.25) is 0 Å². The van der Waals surface area contributed by atoms with Gasteiger partial charge in [0.05, 0.1) is 17.9 Å². The van der Waals surface area contributed by atoms with Gasteiger partial charge >= 0.3 is 0 Å². The summed E-state index contributed by atoms with van der Waals surface area (Å²) in [5, 5.41) is 6.88. The molecule has 0 saturated heterocycles. The van der Waals surface area contributed by atoms with E-state index < -0.39 is 0 Å². The van der Waals surface area contributed by atoms with Crippen molar-refractivity contribution in [3.05, 3.63) is 11.4 Å². The molecule has 116 valence electrons. The molecule has 1 saturated carbocycles. The van der Waals surface area contributed by atoms with E-state index in [0.29, 0.717) is 24.7 Å². The summed E-state index contributed by atoms with van der Waals surface area (Å²) in [6, 6.07) is 0. The van der Waals surface area contributed by atoms with Crippen LogP contribution in [0, 0.1) is 0 Å². The van der Waals surface area contributed by atoms with Gasteiger partial charge < -0.3 is 15.5 Å². The van der Waals surface area contributed by atoms with Crippen LogP contribution in [-0.4, -0.2) is 58.5 Å². The van der Waals surface area contributed by atoms with Gasteiger partial charge in [0.1, 0.15) is 0 Å². The molecule has 1 aliphatic carbocycles. The zero-order valence-electron chi connectivity index (χ0n) is 12.8. The summed E-state index contributed by atoms with van der Waals surface area (Å²) >= 11 is 0. The third-order valence-electron chi connectivity index (χ3n) is 3.86. The van der Waals surface area contributed by atoms with E-state index >= 15 is 0 Å². The van der Waals surface area contributed by atoms with Crippen LogP contribution in [0.15, 0.2) is 0 Å². The molecule has 7 nitrogen and oxygen atoms in total. The molecule has 0 atom stereocenters. The Hall–Kier alpha value is -2.05. The Bertz CT molecular complexity index is 531. The summed E-state index contributed by atoms with van der Waals surface area (Å²) in [5.41, 5.74) is 7.47. The van der Waals surface area contributed by atoms with Gasteiger partial charge in [-0.05, 0) is 26.7 Å². The van der Waals surface area contributed by atoms with E-state index in [2.05, 4.69) is 10.2 Å². The first-order valence-corrected chi connectivity index (χ1v) is 7.36. The van der Waals surface area contributed by atoms with Crippen LogP contribution < -0.4 is 5.73 Å². The van der Waals surface area contributed by atoms with Crippen molar-refractivity contribution in [3.63, 3.8) is 0 Å². The number of nitrogens with zero attached hydrogens (tertiary/aromatic N) is 3. The molecule has 21 heavy (non-hydrogen) atoms. The number of nitrogen functional groups attached to an aromatic ring is 1. The van der Waals surface area contributed by atoms with E-state index in [1.165, 1.54) is 4.90 Å². The molecule has 1 aromatic heterocycles. The number of aromatic nitrogens is 2. The van der Waals surface area contributed by atoms with Crippen molar-refractivity contribution >= 4 is 17.5 Å². The van der Waals surface area contributed by atoms with Gasteiger partial charge in [-0.25, -0.2) is 0 Å². The molecule has 0 unspecified atom stereocenters. The van der Waals surface area contributed by atoms with E-state index in [0.717, 1.165) is 18.5 Å². The molecule has 1 aromatic rings. The predicted molar refractivity (Wildman–Crippen MR) is 79.9 cm³/mol. The van der Waals surface area contributed by atoms with Crippen LogP contribution in [0.25, 0.3) is 0 Å². The Morgan fingerprint density at radius 3 is 2.48 bits per heavy atom. The van der Waals surface area contributed by atoms with Gasteiger partial charge in [-0.1, -0.05) is 0 Å². The monoisotopic (exact) mass is 293 g/mol. The van der Waals surface area contributed by atoms with Crippen molar-refractivity contribution in [2.75, 3.05) is 32.4 Å². The zero-order chi connectivity index (χ0) is 15.6. The lowest BCUT2D eigenvalue weighted by Crippen LogP contribution is -2.41. The highest BCUT2D eigenvalue weighted by atomic mass is 16.2. The first kappa shape index (κ1) is 15.3. The van der Waals surface area contributed by atoms with Crippen LogP contribution in [0.5, 0.6) is 0 Å². The second kappa shape index (κ2) is 6.15. The highest BCUT2D eigenvalue weighted by molar-refractivity contribution is 5.99. The number of rotatable bonds is 6. The van der Waals surface area contributed by atoms with E-state index in [1.807, 2.05) is 13.8 Å². The number of carbonyl (C=O) groups is 2. The van der Waals surface area contributed by atoms with Crippen LogP contribution in [0.3, 0.4) is 0 Å². The first-order valence-electron chi connectivity index (χ1n) is 7.36. The second-order valence-electron chi connectivity index (χ2n) is 5.40. The topological polar surface area (TPSA) is 95.3 Å². The standard InChI is InChI=1S/C14H23N5O2/c1-4-19(5-2)10(20)8-18(3)14(21)13-11(15)12(16-17-13)9-6-7-9/h9H,4-8,15H2,1-3H3,(H,16,17). The van der Waals surface area contributed by atoms with E-state index in [-0.39, 0.29) is 24.1 Å². The SMILES string of the molecule is CCN(CC)C(=O)CN(C)C(=O)c1n[nH]c(C2CC2)c1N. The average molecular weight is 293 g/mol. The molecule has 1 aliphatic rings. The quantitative estimate of drug-likeness (QED) is 0.811. The molecule has 0 spiro atoms. The third-order valence-corrected chi connectivity index (χ3v) is 3.86. The molecule has 1 heterocycles. The number of amides is 2. The van der Waals surface area contributed by atoms with Gasteiger partial charge in [0.2, 0.25) is 5.91 Å². The van der Waals surface area contributed by atoms with Crippen molar-refractivity contribution in [1.29, 1.82) is 0 Å². The Labute approximate surface area is 124 Å². The summed E-state index contributed by atoms with van der Waals surface area (Å²) < 4.78 is 0. The lowest BCUT2D eigenvalue weighted by molar-refractivity contribution is -0.131. The van der Waals surface area contributed by atoms with E-state index in [4.69, 9.17) is 5.73 Å². The van der Waals surface area contributed by atoms with Crippen molar-refractivity contribution in [2.45, 2.75) is 32.6 Å². The van der Waals surface area contributed by atoms with Gasteiger partial charge in [0.25, 0.3) is 5.91 Å². The Kier molecular flexibility index (Phi) is 4.50. The molecule has 2 amide bonds. The number of hydrogen-bond acceptors (Lipinski definition) is 4. The van der Waals surface area contributed by atoms with Crippen molar-refractivity contribution in [1.82, 2.24) is 20.0 Å². The van der Waals surface area contributed by atoms with Gasteiger partial charge in [0, 0.05) is 26.1 Å². The molecule has 0 bridgehead atoms. The Morgan fingerprint density at radius 1 is 1.33 bits per heavy atom. The van der Waals surface area contributed by atoms with E-state index in [9.17, 15) is 9.59 Å². The number of hydrogen-bond donors (Lipinski definition) is 2. The maximum absolute atomic E-state index is 12.3. The van der Waals surface area contributed by atoms with Gasteiger partial charge in [-0.2, -0.15) is 5.10 Å². The maximum Gasteiger partial charge on any atom is 0.276 e. The number of likely N-dealkylation sites (N-methyl/N-ethyl adjacent to an activating group) is 2. The lowest BCUT2D eigenvalue weighted by atomic mass is 10.2. The van der Waals surface area contributed by atoms with Gasteiger partial charge in [-0.3, -0.25) is 14.7 Å². The molecule has 1 fully saturated rings. The minimum absolute atomic E-state index is 0.0333. The normalized spacial score (nSPS) is 14.0. The summed E-state index contributed by atoms with van der Waals surface area (Å²) in [6.45, 7) is 5.13. The highest BCUT2D eigenvalue weighted by Crippen LogP contribution is 2.42. The number of H-pyrrole nitrogens is 1. The minimum Gasteiger partial charge on any atom is -0.395 e. The predicted octanol–water partition coefficient (Wildman–Crippen LogP) is 0.810. The highest BCUT2D eigenvalue weighted by Gasteiger charge is 2.31. The fraction of sp³-hybridized carbons (Fsp3) is 0.643. The van der Waals surface area contributed by atoms with Gasteiger partial charge in [-0.15, -0.1) is 0 Å². The summed E-state index contributed by atoms with van der Waals surface area (Å²) in [6.07, 6.45) is 2.16. The number of anilines is 1. The molecule has 7 heteroatoms. The lowest BCUT2D eigenvalue weighted by Gasteiger charge is -2.22. The molecular weight excluding hydrogens is 270 g/mol.